The minimum atomic E-state index is -0.770. The Morgan fingerprint density at radius 3 is 2.64 bits per heavy atom. The van der Waals surface area contributed by atoms with Crippen molar-refractivity contribution in [1.29, 1.82) is 0 Å². The fraction of sp³-hybridized carbons (Fsp3) is 0.542. The summed E-state index contributed by atoms with van der Waals surface area (Å²) < 4.78 is 11.0. The van der Waals surface area contributed by atoms with E-state index in [1.165, 1.54) is 16.1 Å². The van der Waals surface area contributed by atoms with E-state index in [-0.39, 0.29) is 18.4 Å². The quantitative estimate of drug-likeness (QED) is 0.460. The second-order valence-corrected chi connectivity index (χ2v) is 10.7. The summed E-state index contributed by atoms with van der Waals surface area (Å²) in [5, 5.41) is 17.4. The van der Waals surface area contributed by atoms with E-state index in [1.807, 2.05) is 51.3 Å². The lowest BCUT2D eigenvalue weighted by molar-refractivity contribution is -0.142. The maximum Gasteiger partial charge on any atom is 0.248 e. The number of thiophene rings is 1. The van der Waals surface area contributed by atoms with Crippen LogP contribution < -0.4 is 5.32 Å². The Morgan fingerprint density at radius 1 is 1.22 bits per heavy atom. The first-order valence-electron chi connectivity index (χ1n) is 12.0. The smallest absolute Gasteiger partial charge is 0.248 e. The zero-order valence-corrected chi connectivity index (χ0v) is 22.0. The van der Waals surface area contributed by atoms with Crippen LogP contribution in [0.15, 0.2) is 34.1 Å². The van der Waals surface area contributed by atoms with Crippen LogP contribution in [0.5, 0.6) is 0 Å². The van der Waals surface area contributed by atoms with Gasteiger partial charge in [-0.25, -0.2) is 0 Å². The highest BCUT2D eigenvalue weighted by Crippen LogP contribution is 2.27. The molecule has 11 nitrogen and oxygen atoms in total. The lowest BCUT2D eigenvalue weighted by Gasteiger charge is -2.35. The molecule has 1 aliphatic rings. The number of furan rings is 1. The number of aryl methyl sites for hydroxylation is 1. The van der Waals surface area contributed by atoms with Crippen molar-refractivity contribution in [2.45, 2.75) is 45.8 Å². The molecule has 0 aliphatic carbocycles. The van der Waals surface area contributed by atoms with Crippen molar-refractivity contribution in [3.8, 4) is 11.6 Å². The van der Waals surface area contributed by atoms with Gasteiger partial charge in [-0.15, -0.1) is 21.5 Å². The molecular formula is C24H33N7O4S. The van der Waals surface area contributed by atoms with Crippen LogP contribution in [0.4, 0.5) is 0 Å². The van der Waals surface area contributed by atoms with Gasteiger partial charge in [0.05, 0.1) is 13.2 Å². The summed E-state index contributed by atoms with van der Waals surface area (Å²) in [4.78, 5) is 33.1. The van der Waals surface area contributed by atoms with Gasteiger partial charge in [0.25, 0.3) is 0 Å². The molecule has 0 unspecified atom stereocenters. The van der Waals surface area contributed by atoms with Crippen molar-refractivity contribution in [2.24, 2.45) is 0 Å². The minimum absolute atomic E-state index is 0.152. The highest BCUT2D eigenvalue weighted by atomic mass is 32.1. The Kier molecular flexibility index (Phi) is 8.17. The number of aromatic nitrogens is 4. The van der Waals surface area contributed by atoms with Gasteiger partial charge in [0, 0.05) is 36.6 Å². The number of hydrogen-bond acceptors (Lipinski definition) is 9. The van der Waals surface area contributed by atoms with Gasteiger partial charge in [-0.05, 0) is 56.5 Å². The summed E-state index contributed by atoms with van der Waals surface area (Å²) in [7, 11) is 0. The third-order valence-electron chi connectivity index (χ3n) is 5.64. The maximum atomic E-state index is 13.7. The van der Waals surface area contributed by atoms with Gasteiger partial charge in [-0.2, -0.15) is 4.80 Å². The van der Waals surface area contributed by atoms with Crippen LogP contribution in [-0.4, -0.2) is 86.8 Å². The number of nitrogens with zero attached hydrogens (tertiary/aromatic N) is 6. The molecule has 194 valence electrons. The first kappa shape index (κ1) is 26.0. The zero-order valence-electron chi connectivity index (χ0n) is 21.1. The SMILES string of the molecule is Cc1ccc(-c2nnn(CC(=O)N(CCN3CCOCC3)[C@H](C(=O)NC(C)(C)C)c3cccs3)n2)o1. The summed E-state index contributed by atoms with van der Waals surface area (Å²) in [6, 6.07) is 6.58. The average molecular weight is 516 g/mol. The van der Waals surface area contributed by atoms with Gasteiger partial charge >= 0.3 is 0 Å². The van der Waals surface area contributed by atoms with E-state index in [4.69, 9.17) is 9.15 Å². The van der Waals surface area contributed by atoms with Crippen LogP contribution in [0.1, 0.15) is 37.5 Å². The van der Waals surface area contributed by atoms with Gasteiger partial charge in [0.1, 0.15) is 18.3 Å². The Hall–Kier alpha value is -3.09. The third kappa shape index (κ3) is 6.77. The number of ether oxygens (including phenoxy) is 1. The standard InChI is InChI=1S/C24H33N7O4S/c1-17-7-8-18(35-17)22-26-28-31(27-22)16-20(32)30(10-9-29-11-13-34-14-12-29)21(19-6-5-15-36-19)23(33)25-24(2,3)4/h5-8,15,21H,9-14,16H2,1-4H3,(H,25,33)/t21-/m0/s1. The highest BCUT2D eigenvalue weighted by molar-refractivity contribution is 7.10. The van der Waals surface area contributed by atoms with E-state index in [0.717, 1.165) is 23.7 Å². The minimum Gasteiger partial charge on any atom is -0.458 e. The molecule has 1 N–H and O–H groups in total. The first-order chi connectivity index (χ1) is 17.2. The molecule has 4 rings (SSSR count). The van der Waals surface area contributed by atoms with E-state index in [1.54, 1.807) is 11.0 Å². The molecule has 3 aromatic rings. The average Bonchev–Trinajstić information content (AvgIpc) is 3.58. The lowest BCUT2D eigenvalue weighted by Crippen LogP contribution is -2.51. The van der Waals surface area contributed by atoms with Crippen molar-refractivity contribution in [1.82, 2.24) is 35.3 Å². The first-order valence-corrected chi connectivity index (χ1v) is 12.9. The molecule has 1 saturated heterocycles. The van der Waals surface area contributed by atoms with Crippen LogP contribution in [0.3, 0.4) is 0 Å². The maximum absolute atomic E-state index is 13.7. The molecule has 36 heavy (non-hydrogen) atoms. The van der Waals surface area contributed by atoms with Gasteiger partial charge in [-0.3, -0.25) is 14.5 Å². The van der Waals surface area contributed by atoms with Crippen LogP contribution >= 0.6 is 11.3 Å². The number of tetrazole rings is 1. The molecule has 0 saturated carbocycles. The Balaban J connectivity index is 1.58. The van der Waals surface area contributed by atoms with Crippen LogP contribution in [0.25, 0.3) is 11.6 Å². The predicted molar refractivity (Wildman–Crippen MR) is 134 cm³/mol. The molecule has 1 aliphatic heterocycles. The topological polar surface area (TPSA) is 119 Å². The van der Waals surface area contributed by atoms with Gasteiger partial charge in [0.15, 0.2) is 5.76 Å². The molecule has 12 heteroatoms. The Labute approximate surface area is 214 Å². The summed E-state index contributed by atoms with van der Waals surface area (Å²) in [5.41, 5.74) is -0.449. The molecule has 3 aromatic heterocycles. The summed E-state index contributed by atoms with van der Waals surface area (Å²) in [6.45, 7) is 11.3. The van der Waals surface area contributed by atoms with Crippen molar-refractivity contribution in [3.05, 3.63) is 40.3 Å². The van der Waals surface area contributed by atoms with Crippen LogP contribution in [-0.2, 0) is 20.9 Å². The normalized spacial score (nSPS) is 15.6. The largest absolute Gasteiger partial charge is 0.458 e. The molecule has 2 amide bonds. The molecule has 1 atom stereocenters. The zero-order chi connectivity index (χ0) is 25.7. The van der Waals surface area contributed by atoms with Crippen molar-refractivity contribution < 1.29 is 18.7 Å². The number of carbonyl (C=O) groups is 2. The number of rotatable bonds is 9. The van der Waals surface area contributed by atoms with Crippen LogP contribution in [0, 0.1) is 6.92 Å². The molecule has 4 heterocycles. The summed E-state index contributed by atoms with van der Waals surface area (Å²) in [5.74, 6) is 1.02. The van der Waals surface area contributed by atoms with Crippen molar-refractivity contribution in [2.75, 3.05) is 39.4 Å². The highest BCUT2D eigenvalue weighted by Gasteiger charge is 2.34. The van der Waals surface area contributed by atoms with Gasteiger partial charge in [-0.1, -0.05) is 6.07 Å². The fourth-order valence-corrected chi connectivity index (χ4v) is 4.79. The Bertz CT molecular complexity index is 1150. The number of nitrogens with one attached hydrogen (secondary N) is 1. The lowest BCUT2D eigenvalue weighted by atomic mass is 10.1. The number of hydrogen-bond donors (Lipinski definition) is 1. The van der Waals surface area contributed by atoms with E-state index in [0.29, 0.717) is 37.9 Å². The summed E-state index contributed by atoms with van der Waals surface area (Å²) in [6.07, 6.45) is 0. The number of morpholine rings is 1. The second-order valence-electron chi connectivity index (χ2n) is 9.75. The summed E-state index contributed by atoms with van der Waals surface area (Å²) >= 11 is 1.45. The van der Waals surface area contributed by atoms with Crippen molar-refractivity contribution >= 4 is 23.2 Å². The van der Waals surface area contributed by atoms with Gasteiger partial charge in [0.2, 0.25) is 17.6 Å². The Morgan fingerprint density at radius 2 is 2.00 bits per heavy atom. The van der Waals surface area contributed by atoms with Gasteiger partial charge < -0.3 is 19.4 Å². The number of carbonyl (C=O) groups excluding carboxylic acids is 2. The molecule has 0 aromatic carbocycles. The predicted octanol–water partition coefficient (Wildman–Crippen LogP) is 2.12. The van der Waals surface area contributed by atoms with E-state index < -0.39 is 11.6 Å². The molecular weight excluding hydrogens is 482 g/mol. The van der Waals surface area contributed by atoms with E-state index in [2.05, 4.69) is 25.6 Å². The molecule has 0 bridgehead atoms. The van der Waals surface area contributed by atoms with Crippen LogP contribution in [0.2, 0.25) is 0 Å². The molecule has 0 radical (unpaired) electrons. The second kappa shape index (κ2) is 11.3. The molecule has 0 spiro atoms. The van der Waals surface area contributed by atoms with E-state index >= 15 is 0 Å². The van der Waals surface area contributed by atoms with Crippen molar-refractivity contribution in [3.63, 3.8) is 0 Å². The monoisotopic (exact) mass is 515 g/mol. The molecule has 1 fully saturated rings. The fourth-order valence-electron chi connectivity index (χ4n) is 3.96. The third-order valence-corrected chi connectivity index (χ3v) is 6.57. The number of amides is 2. The van der Waals surface area contributed by atoms with E-state index in [9.17, 15) is 9.59 Å².